The standard InChI is InChI=1S/C29H32N8O3/c1-15-10-22(35-34-15)28(39)36-19-5-6-20(36)12-18(11-19)25-24(16(2)38)26(30)37-27(33-25)21(14-32-37)17-4-7-23(31-13-17)29(40)8-3-9-29/h4,7,13-14,18-20,40H,3,5-6,8-12,30H2,1-2H3/t18?,19-,20+. The smallest absolute Gasteiger partial charge is 0.271 e. The summed E-state index contributed by atoms with van der Waals surface area (Å²) in [7, 11) is 0. The average Bonchev–Trinajstić information content (AvgIpc) is 3.62. The number of amides is 1. The summed E-state index contributed by atoms with van der Waals surface area (Å²) in [5.41, 5.74) is 11.0. The van der Waals surface area contributed by atoms with Crippen LogP contribution in [0.4, 0.5) is 5.82 Å². The van der Waals surface area contributed by atoms with Gasteiger partial charge in [0, 0.05) is 47.5 Å². The highest BCUT2D eigenvalue weighted by atomic mass is 16.3. The van der Waals surface area contributed by atoms with Gasteiger partial charge in [-0.2, -0.15) is 14.7 Å². The highest BCUT2D eigenvalue weighted by molar-refractivity contribution is 6.43. The lowest BCUT2D eigenvalue weighted by Crippen LogP contribution is -2.49. The predicted octanol–water partition coefficient (Wildman–Crippen LogP) is 3.41. The van der Waals surface area contributed by atoms with Crippen molar-refractivity contribution in [3.63, 3.8) is 0 Å². The van der Waals surface area contributed by atoms with E-state index in [0.29, 0.717) is 47.6 Å². The number of rotatable bonds is 5. The van der Waals surface area contributed by atoms with Crippen LogP contribution in [0.25, 0.3) is 16.8 Å². The van der Waals surface area contributed by atoms with Crippen LogP contribution in [0.2, 0.25) is 0 Å². The average molecular weight is 541 g/mol. The molecule has 3 aromatic rings. The Balaban J connectivity index is 1.23. The van der Waals surface area contributed by atoms with Gasteiger partial charge < -0.3 is 15.7 Å². The second-order valence-corrected chi connectivity index (χ2v) is 11.7. The zero-order valence-corrected chi connectivity index (χ0v) is 22.7. The van der Waals surface area contributed by atoms with Gasteiger partial charge in [-0.3, -0.25) is 14.6 Å². The Morgan fingerprint density at radius 2 is 1.85 bits per heavy atom. The second kappa shape index (κ2) is 9.02. The van der Waals surface area contributed by atoms with E-state index >= 15 is 0 Å². The van der Waals surface area contributed by atoms with Crippen LogP contribution in [-0.2, 0) is 10.4 Å². The summed E-state index contributed by atoms with van der Waals surface area (Å²) in [6.45, 7) is 3.39. The zero-order valence-electron chi connectivity index (χ0n) is 22.7. The van der Waals surface area contributed by atoms with E-state index in [-0.39, 0.29) is 35.5 Å². The van der Waals surface area contributed by atoms with Crippen molar-refractivity contribution in [2.24, 2.45) is 10.2 Å². The molecule has 2 bridgehead atoms. The van der Waals surface area contributed by atoms with Gasteiger partial charge in [-0.15, -0.1) is 5.10 Å². The number of aliphatic hydroxyl groups is 1. The molecule has 3 atom stereocenters. The number of Topliss-reactive ketones (excluding diaryl/α,β-unsaturated/α-hetero) is 1. The van der Waals surface area contributed by atoms with Crippen LogP contribution in [0.5, 0.6) is 0 Å². The summed E-state index contributed by atoms with van der Waals surface area (Å²) in [6.07, 6.45) is 9.60. The van der Waals surface area contributed by atoms with Crippen LogP contribution in [0, 0.1) is 0 Å². The maximum Gasteiger partial charge on any atom is 0.271 e. The van der Waals surface area contributed by atoms with Crippen molar-refractivity contribution in [2.75, 3.05) is 5.73 Å². The van der Waals surface area contributed by atoms with E-state index in [1.165, 1.54) is 11.4 Å². The molecule has 11 heteroatoms. The van der Waals surface area contributed by atoms with Crippen molar-refractivity contribution < 1.29 is 14.7 Å². The van der Waals surface area contributed by atoms with Gasteiger partial charge in [0.05, 0.1) is 23.1 Å². The number of nitrogens with two attached hydrogens (primary N) is 1. The Morgan fingerprint density at radius 1 is 1.10 bits per heavy atom. The van der Waals surface area contributed by atoms with E-state index in [9.17, 15) is 14.7 Å². The van der Waals surface area contributed by atoms with Crippen molar-refractivity contribution in [1.82, 2.24) is 24.5 Å². The molecule has 3 N–H and O–H groups in total. The molecular formula is C29H32N8O3. The number of nitrogens with zero attached hydrogens (tertiary/aromatic N) is 7. The topological polar surface area (TPSA) is 151 Å². The summed E-state index contributed by atoms with van der Waals surface area (Å²) >= 11 is 0. The van der Waals surface area contributed by atoms with E-state index in [2.05, 4.69) is 20.3 Å². The van der Waals surface area contributed by atoms with Gasteiger partial charge in [0.2, 0.25) is 0 Å². The number of piperidine rings is 1. The number of ketones is 1. The van der Waals surface area contributed by atoms with Crippen LogP contribution in [0.1, 0.15) is 92.9 Å². The van der Waals surface area contributed by atoms with Gasteiger partial charge in [-0.25, -0.2) is 4.98 Å². The Hall–Kier alpha value is -3.99. The van der Waals surface area contributed by atoms with Gasteiger partial charge in [-0.05, 0) is 64.9 Å². The van der Waals surface area contributed by atoms with E-state index in [1.54, 1.807) is 12.4 Å². The van der Waals surface area contributed by atoms with Crippen LogP contribution in [-0.4, -0.2) is 64.8 Å². The number of pyridine rings is 1. The first-order valence-electron chi connectivity index (χ1n) is 14.0. The number of hydrogen-bond acceptors (Lipinski definition) is 9. The van der Waals surface area contributed by atoms with Crippen molar-refractivity contribution in [2.45, 2.75) is 88.8 Å². The van der Waals surface area contributed by atoms with Gasteiger partial charge >= 0.3 is 0 Å². The lowest BCUT2D eigenvalue weighted by atomic mass is 9.77. The first-order chi connectivity index (χ1) is 19.2. The number of carbonyl (C=O) groups excluding carboxylic acids is 2. The number of anilines is 1. The van der Waals surface area contributed by atoms with Gasteiger partial charge in [0.25, 0.3) is 5.91 Å². The Kier molecular flexibility index (Phi) is 5.64. The highest BCUT2D eigenvalue weighted by Gasteiger charge is 2.46. The maximum absolute atomic E-state index is 13.3. The molecule has 1 saturated carbocycles. The Bertz CT molecular complexity index is 1600. The number of hydrogen-bond donors (Lipinski definition) is 2. The molecule has 40 heavy (non-hydrogen) atoms. The lowest BCUT2D eigenvalue weighted by molar-refractivity contribution is -0.128. The molecule has 3 aromatic heterocycles. The van der Waals surface area contributed by atoms with Crippen molar-refractivity contribution in [1.29, 1.82) is 0 Å². The van der Waals surface area contributed by atoms with Gasteiger partial charge in [-0.1, -0.05) is 6.07 Å². The van der Waals surface area contributed by atoms with Gasteiger partial charge in [0.15, 0.2) is 11.4 Å². The summed E-state index contributed by atoms with van der Waals surface area (Å²) in [4.78, 5) is 37.8. The van der Waals surface area contributed by atoms with Crippen molar-refractivity contribution in [3.8, 4) is 11.1 Å². The molecule has 1 amide bonds. The minimum atomic E-state index is -0.836. The van der Waals surface area contributed by atoms with E-state index in [1.807, 2.05) is 24.0 Å². The minimum absolute atomic E-state index is 0.0210. The second-order valence-electron chi connectivity index (χ2n) is 11.7. The van der Waals surface area contributed by atoms with Crippen LogP contribution in [0.3, 0.4) is 0 Å². The molecule has 3 fully saturated rings. The monoisotopic (exact) mass is 540 g/mol. The van der Waals surface area contributed by atoms with Crippen molar-refractivity contribution in [3.05, 3.63) is 41.5 Å². The molecule has 1 aliphatic carbocycles. The molecule has 2 saturated heterocycles. The first kappa shape index (κ1) is 25.0. The highest BCUT2D eigenvalue weighted by Crippen LogP contribution is 2.45. The summed E-state index contributed by atoms with van der Waals surface area (Å²) < 4.78 is 1.52. The number of carbonyl (C=O) groups is 2. The summed E-state index contributed by atoms with van der Waals surface area (Å²) in [5.74, 6) is 0.0672. The third kappa shape index (κ3) is 3.78. The fourth-order valence-electron chi connectivity index (χ4n) is 6.95. The molecule has 0 aromatic carbocycles. The van der Waals surface area contributed by atoms with Crippen LogP contribution < -0.4 is 5.73 Å². The lowest BCUT2D eigenvalue weighted by Gasteiger charge is -2.39. The third-order valence-electron chi connectivity index (χ3n) is 9.16. The molecule has 6 heterocycles. The molecule has 1 unspecified atom stereocenters. The molecular weight excluding hydrogens is 508 g/mol. The normalized spacial score (nSPS) is 25.1. The minimum Gasteiger partial charge on any atom is -0.384 e. The molecule has 7 rings (SSSR count). The first-order valence-corrected chi connectivity index (χ1v) is 14.0. The Labute approximate surface area is 231 Å². The zero-order chi connectivity index (χ0) is 27.8. The summed E-state index contributed by atoms with van der Waals surface area (Å²) in [5, 5.41) is 23.3. The SMILES string of the molecule is CC(=O)c1c(C2C[C@H]3CC[C@@H](C2)N3C(=O)C2=NN=C(C)C2)nc2c(-c3ccc(C4(O)CCC4)nc3)cnn2c1N. The van der Waals surface area contributed by atoms with E-state index < -0.39 is 5.60 Å². The quantitative estimate of drug-likeness (QED) is 0.471. The third-order valence-corrected chi connectivity index (χ3v) is 9.16. The van der Waals surface area contributed by atoms with Crippen LogP contribution >= 0.6 is 0 Å². The molecule has 206 valence electrons. The molecule has 11 nitrogen and oxygen atoms in total. The molecule has 4 aliphatic rings. The molecule has 0 spiro atoms. The van der Waals surface area contributed by atoms with E-state index in [0.717, 1.165) is 48.9 Å². The number of fused-ring (bicyclic) bond motifs is 3. The fourth-order valence-corrected chi connectivity index (χ4v) is 6.95. The van der Waals surface area contributed by atoms with Crippen LogP contribution in [0.15, 0.2) is 34.7 Å². The summed E-state index contributed by atoms with van der Waals surface area (Å²) in [6, 6.07) is 3.89. The largest absolute Gasteiger partial charge is 0.384 e. The Morgan fingerprint density at radius 3 is 2.42 bits per heavy atom. The van der Waals surface area contributed by atoms with Crippen molar-refractivity contribution >= 4 is 34.6 Å². The molecule has 0 radical (unpaired) electrons. The molecule has 3 aliphatic heterocycles. The number of aromatic nitrogens is 4. The fraction of sp³-hybridized carbons (Fsp3) is 0.483. The predicted molar refractivity (Wildman–Crippen MR) is 149 cm³/mol. The number of nitrogen functional groups attached to an aromatic ring is 1. The maximum atomic E-state index is 13.3. The van der Waals surface area contributed by atoms with Gasteiger partial charge in [0.1, 0.15) is 17.1 Å². The van der Waals surface area contributed by atoms with E-state index in [4.69, 9.17) is 10.7 Å².